The van der Waals surface area contributed by atoms with Crippen molar-refractivity contribution in [1.82, 2.24) is 9.38 Å². The van der Waals surface area contributed by atoms with Gasteiger partial charge in [-0.15, -0.1) is 0 Å². The Bertz CT molecular complexity index is 657. The molecule has 0 bridgehead atoms. The number of carbonyl (C=O) groups excluding carboxylic acids is 1. The summed E-state index contributed by atoms with van der Waals surface area (Å²) in [6.07, 6.45) is 1.41. The summed E-state index contributed by atoms with van der Waals surface area (Å²) in [6.45, 7) is 1.63. The Kier molecular flexibility index (Phi) is 4.28. The Labute approximate surface area is 124 Å². The molecule has 0 amide bonds. The normalized spacial score (nSPS) is 11.8. The average Bonchev–Trinajstić information content (AvgIpc) is 2.68. The third kappa shape index (κ3) is 3.09. The molecule has 0 radical (unpaired) electrons. The van der Waals surface area contributed by atoms with Crippen LogP contribution in [0.25, 0.3) is 5.65 Å². The van der Waals surface area contributed by atoms with Crippen molar-refractivity contribution in [3.05, 3.63) is 28.5 Å². The Hall–Kier alpha value is -1.22. The summed E-state index contributed by atoms with van der Waals surface area (Å²) in [4.78, 5) is 15.7. The molecule has 2 rings (SSSR count). The van der Waals surface area contributed by atoms with E-state index < -0.39 is 23.2 Å². The van der Waals surface area contributed by atoms with E-state index in [0.717, 1.165) is 0 Å². The van der Waals surface area contributed by atoms with Gasteiger partial charge in [-0.05, 0) is 35.0 Å². The first-order chi connectivity index (χ1) is 9.33. The lowest BCUT2D eigenvalue weighted by molar-refractivity contribution is -0.0329. The van der Waals surface area contributed by atoms with Gasteiger partial charge in [0.15, 0.2) is 11.3 Å². The summed E-state index contributed by atoms with van der Waals surface area (Å²) in [5.41, 5.74) is -4.65. The van der Waals surface area contributed by atoms with Crippen molar-refractivity contribution >= 4 is 39.3 Å². The average molecular weight is 369 g/mol. The minimum absolute atomic E-state index is 0.0595. The predicted octanol–water partition coefficient (Wildman–Crippen LogP) is 3.89. The van der Waals surface area contributed by atoms with Crippen LogP contribution in [0.5, 0.6) is 0 Å². The Balaban J connectivity index is 2.63. The maximum absolute atomic E-state index is 12.6. The van der Waals surface area contributed by atoms with E-state index in [9.17, 15) is 18.0 Å². The first kappa shape index (κ1) is 15.2. The van der Waals surface area contributed by atoms with Crippen molar-refractivity contribution in [2.75, 3.05) is 6.61 Å². The monoisotopic (exact) mass is 368 g/mol. The highest BCUT2D eigenvalue weighted by molar-refractivity contribution is 9.10. The van der Waals surface area contributed by atoms with Crippen LogP contribution in [0.15, 0.2) is 27.8 Å². The number of ether oxygens (including phenoxy) is 1. The molecule has 2 aromatic rings. The van der Waals surface area contributed by atoms with Gasteiger partial charge in [0, 0.05) is 18.0 Å². The summed E-state index contributed by atoms with van der Waals surface area (Å²) < 4.78 is 44.3. The van der Waals surface area contributed by atoms with E-state index in [1.807, 2.05) is 0 Å². The zero-order chi connectivity index (χ0) is 14.9. The lowest BCUT2D eigenvalue weighted by Crippen LogP contribution is -2.09. The molecule has 108 valence electrons. The summed E-state index contributed by atoms with van der Waals surface area (Å²) in [5.74, 6) is -0.880. The van der Waals surface area contributed by atoms with Crippen LogP contribution in [0.2, 0.25) is 0 Å². The van der Waals surface area contributed by atoms with Gasteiger partial charge in [-0.2, -0.15) is 13.2 Å². The van der Waals surface area contributed by atoms with Gasteiger partial charge < -0.3 is 4.74 Å². The summed E-state index contributed by atoms with van der Waals surface area (Å²) >= 11 is 2.79. The van der Waals surface area contributed by atoms with E-state index in [0.29, 0.717) is 4.47 Å². The topological polar surface area (TPSA) is 43.6 Å². The van der Waals surface area contributed by atoms with Crippen LogP contribution in [0.3, 0.4) is 0 Å². The number of hydrogen-bond acceptors (Lipinski definition) is 4. The Morgan fingerprint density at radius 2 is 2.25 bits per heavy atom. The van der Waals surface area contributed by atoms with Crippen LogP contribution in [-0.4, -0.2) is 27.5 Å². The lowest BCUT2D eigenvalue weighted by atomic mass is 10.5. The Morgan fingerprint density at radius 3 is 2.85 bits per heavy atom. The minimum atomic E-state index is -4.53. The van der Waals surface area contributed by atoms with Gasteiger partial charge in [0.1, 0.15) is 5.03 Å². The number of hydrogen-bond donors (Lipinski definition) is 0. The molecule has 0 saturated heterocycles. The van der Waals surface area contributed by atoms with Gasteiger partial charge in [-0.3, -0.25) is 4.40 Å². The molecule has 0 saturated carbocycles. The van der Waals surface area contributed by atoms with Crippen molar-refractivity contribution in [3.63, 3.8) is 0 Å². The smallest absolute Gasteiger partial charge is 0.447 e. The van der Waals surface area contributed by atoms with Crippen molar-refractivity contribution in [1.29, 1.82) is 0 Å². The molecule has 9 heteroatoms. The van der Waals surface area contributed by atoms with Crippen molar-refractivity contribution in [2.24, 2.45) is 0 Å². The van der Waals surface area contributed by atoms with Crippen molar-refractivity contribution in [3.8, 4) is 0 Å². The minimum Gasteiger partial charge on any atom is -0.461 e. The molecule has 0 aliphatic carbocycles. The van der Waals surface area contributed by atoms with Crippen molar-refractivity contribution in [2.45, 2.75) is 17.5 Å². The third-order valence-corrected chi connectivity index (χ3v) is 3.67. The number of fused-ring (bicyclic) bond motifs is 1. The number of pyridine rings is 1. The van der Waals surface area contributed by atoms with Crippen LogP contribution in [0, 0.1) is 0 Å². The van der Waals surface area contributed by atoms with Gasteiger partial charge in [0.25, 0.3) is 0 Å². The molecule has 0 aliphatic heterocycles. The molecule has 0 unspecified atom stereocenters. The molecule has 0 fully saturated rings. The second kappa shape index (κ2) is 5.65. The van der Waals surface area contributed by atoms with Crippen LogP contribution in [0.4, 0.5) is 13.2 Å². The van der Waals surface area contributed by atoms with E-state index in [2.05, 4.69) is 20.9 Å². The van der Waals surface area contributed by atoms with Gasteiger partial charge >= 0.3 is 11.5 Å². The fourth-order valence-corrected chi connectivity index (χ4v) is 2.68. The second-order valence-electron chi connectivity index (χ2n) is 3.58. The molecule has 20 heavy (non-hydrogen) atoms. The van der Waals surface area contributed by atoms with Crippen LogP contribution >= 0.6 is 27.7 Å². The number of alkyl halides is 3. The van der Waals surface area contributed by atoms with E-state index in [-0.39, 0.29) is 23.0 Å². The number of nitrogens with zero attached hydrogens (tertiary/aromatic N) is 2. The van der Waals surface area contributed by atoms with Gasteiger partial charge in [-0.1, -0.05) is 0 Å². The fourth-order valence-electron chi connectivity index (χ4n) is 1.55. The second-order valence-corrected chi connectivity index (χ2v) is 5.49. The highest BCUT2D eigenvalue weighted by Gasteiger charge is 2.35. The molecular weight excluding hydrogens is 361 g/mol. The molecule has 0 atom stereocenters. The summed E-state index contributed by atoms with van der Waals surface area (Å²) in [6, 6.07) is 3.17. The van der Waals surface area contributed by atoms with E-state index >= 15 is 0 Å². The SMILES string of the molecule is CCOC(=O)c1nc2c(Br)cccn2c1SC(F)(F)F. The zero-order valence-corrected chi connectivity index (χ0v) is 12.5. The van der Waals surface area contributed by atoms with E-state index in [4.69, 9.17) is 4.74 Å². The van der Waals surface area contributed by atoms with Crippen molar-refractivity contribution < 1.29 is 22.7 Å². The van der Waals surface area contributed by atoms with Crippen LogP contribution < -0.4 is 0 Å². The number of carbonyl (C=O) groups is 1. The lowest BCUT2D eigenvalue weighted by Gasteiger charge is -2.07. The number of halogens is 4. The van der Waals surface area contributed by atoms with Gasteiger partial charge in [-0.25, -0.2) is 9.78 Å². The number of rotatable bonds is 3. The van der Waals surface area contributed by atoms with E-state index in [1.165, 1.54) is 10.6 Å². The molecule has 0 aliphatic rings. The number of imidazole rings is 1. The summed E-state index contributed by atoms with van der Waals surface area (Å²) in [5, 5.41) is -0.313. The molecular formula is C11H8BrF3N2O2S. The number of aromatic nitrogens is 2. The molecule has 0 spiro atoms. The molecule has 0 N–H and O–H groups in total. The Morgan fingerprint density at radius 1 is 1.55 bits per heavy atom. The van der Waals surface area contributed by atoms with Gasteiger partial charge in [0.2, 0.25) is 0 Å². The van der Waals surface area contributed by atoms with Crippen LogP contribution in [0.1, 0.15) is 17.4 Å². The first-order valence-corrected chi connectivity index (χ1v) is 7.04. The maximum Gasteiger partial charge on any atom is 0.447 e. The highest BCUT2D eigenvalue weighted by Crippen LogP contribution is 2.39. The molecule has 0 aromatic carbocycles. The maximum atomic E-state index is 12.6. The largest absolute Gasteiger partial charge is 0.461 e. The molecule has 4 nitrogen and oxygen atoms in total. The number of thioether (sulfide) groups is 1. The third-order valence-electron chi connectivity index (χ3n) is 2.24. The molecule has 2 aromatic heterocycles. The number of esters is 1. The zero-order valence-electron chi connectivity index (χ0n) is 10.1. The molecule has 2 heterocycles. The van der Waals surface area contributed by atoms with Crippen LogP contribution in [-0.2, 0) is 4.74 Å². The van der Waals surface area contributed by atoms with Gasteiger partial charge in [0.05, 0.1) is 11.1 Å². The first-order valence-electron chi connectivity index (χ1n) is 5.43. The standard InChI is InChI=1S/C11H8BrF3N2O2S/c1-2-19-10(18)7-9(20-11(13,14)15)17-5-3-4-6(12)8(17)16-7/h3-5H,2H2,1H3. The summed E-state index contributed by atoms with van der Waals surface area (Å²) in [7, 11) is 0. The quantitative estimate of drug-likeness (QED) is 0.608. The predicted molar refractivity (Wildman–Crippen MR) is 70.8 cm³/mol. The fraction of sp³-hybridized carbons (Fsp3) is 0.273. The van der Waals surface area contributed by atoms with E-state index in [1.54, 1.807) is 19.1 Å². The highest BCUT2D eigenvalue weighted by atomic mass is 79.9.